The summed E-state index contributed by atoms with van der Waals surface area (Å²) in [5.74, 6) is 1.60. The molecule has 0 spiro atoms. The third-order valence-corrected chi connectivity index (χ3v) is 7.79. The van der Waals surface area contributed by atoms with Crippen molar-refractivity contribution in [1.29, 1.82) is 5.26 Å². The van der Waals surface area contributed by atoms with Crippen molar-refractivity contribution in [1.82, 2.24) is 14.9 Å². The van der Waals surface area contributed by atoms with Gasteiger partial charge in [-0.25, -0.2) is 9.37 Å². The van der Waals surface area contributed by atoms with Crippen LogP contribution in [0.25, 0.3) is 17.1 Å². The zero-order valence-electron chi connectivity index (χ0n) is 19.8. The van der Waals surface area contributed by atoms with Crippen molar-refractivity contribution in [3.8, 4) is 23.1 Å². The summed E-state index contributed by atoms with van der Waals surface area (Å²) in [4.78, 5) is 21.1. The fourth-order valence-electron chi connectivity index (χ4n) is 5.63. The van der Waals surface area contributed by atoms with Gasteiger partial charge < -0.3 is 10.2 Å². The third-order valence-electron chi connectivity index (χ3n) is 7.79. The van der Waals surface area contributed by atoms with E-state index >= 15 is 0 Å². The molecule has 6 nitrogen and oxygen atoms in total. The van der Waals surface area contributed by atoms with Gasteiger partial charge in [0.15, 0.2) is 0 Å². The Morgan fingerprint density at radius 1 is 1.11 bits per heavy atom. The quantitative estimate of drug-likeness (QED) is 0.617. The van der Waals surface area contributed by atoms with E-state index in [-0.39, 0.29) is 11.1 Å². The maximum atomic E-state index is 14.6. The predicted molar refractivity (Wildman–Crippen MR) is 133 cm³/mol. The molecule has 6 rings (SSSR count). The molecule has 2 atom stereocenters. The van der Waals surface area contributed by atoms with Crippen LogP contribution in [0.5, 0.6) is 0 Å². The number of benzene rings is 2. The molecule has 1 aliphatic carbocycles. The zero-order chi connectivity index (χ0) is 24.1. The molecule has 0 bridgehead atoms. The highest BCUT2D eigenvalue weighted by molar-refractivity contribution is 5.64. The summed E-state index contributed by atoms with van der Waals surface area (Å²) < 4.78 is 16.2. The Morgan fingerprint density at radius 2 is 1.91 bits per heavy atom. The number of piperidine rings is 1. The molecule has 1 N–H and O–H groups in total. The lowest BCUT2D eigenvalue weighted by Gasteiger charge is -2.36. The van der Waals surface area contributed by atoms with Crippen molar-refractivity contribution in [2.24, 2.45) is 5.92 Å². The molecule has 2 aliphatic heterocycles. The average Bonchev–Trinajstić information content (AvgIpc) is 3.62. The highest BCUT2D eigenvalue weighted by Gasteiger charge is 2.34. The van der Waals surface area contributed by atoms with Gasteiger partial charge in [0.2, 0.25) is 0 Å². The summed E-state index contributed by atoms with van der Waals surface area (Å²) in [6, 6.07) is 14.9. The first kappa shape index (κ1) is 22.0. The Hall–Kier alpha value is -3.50. The molecule has 0 amide bonds. The lowest BCUT2D eigenvalue weighted by molar-refractivity contribution is 0.374. The molecule has 3 aliphatic rings. The van der Waals surface area contributed by atoms with E-state index in [1.54, 1.807) is 10.6 Å². The van der Waals surface area contributed by atoms with E-state index in [0.717, 1.165) is 32.5 Å². The van der Waals surface area contributed by atoms with Gasteiger partial charge in [0.05, 0.1) is 16.8 Å². The molecule has 3 heterocycles. The molecule has 178 valence electrons. The minimum absolute atomic E-state index is 0.0282. The van der Waals surface area contributed by atoms with Crippen LogP contribution in [0.4, 0.5) is 10.2 Å². The van der Waals surface area contributed by atoms with Crippen LogP contribution >= 0.6 is 0 Å². The summed E-state index contributed by atoms with van der Waals surface area (Å²) >= 11 is 0. The molecule has 35 heavy (non-hydrogen) atoms. The minimum atomic E-state index is -0.616. The second-order valence-electron chi connectivity index (χ2n) is 10.0. The molecule has 2 aromatic carbocycles. The Kier molecular flexibility index (Phi) is 5.42. The molecule has 2 saturated heterocycles. The van der Waals surface area contributed by atoms with Gasteiger partial charge in [0, 0.05) is 24.7 Å². The fraction of sp³-hybridized carbons (Fsp3) is 0.393. The molecular weight excluding hydrogens is 441 g/mol. The van der Waals surface area contributed by atoms with Crippen molar-refractivity contribution in [3.63, 3.8) is 0 Å². The second kappa shape index (κ2) is 8.62. The van der Waals surface area contributed by atoms with Crippen LogP contribution in [0.3, 0.4) is 0 Å². The van der Waals surface area contributed by atoms with Gasteiger partial charge in [-0.3, -0.25) is 9.36 Å². The summed E-state index contributed by atoms with van der Waals surface area (Å²) in [7, 11) is 0. The van der Waals surface area contributed by atoms with Crippen LogP contribution in [-0.4, -0.2) is 35.2 Å². The summed E-state index contributed by atoms with van der Waals surface area (Å²) in [5, 5.41) is 12.8. The first-order valence-electron chi connectivity index (χ1n) is 12.5. The van der Waals surface area contributed by atoms with E-state index in [4.69, 9.17) is 4.98 Å². The smallest absolute Gasteiger partial charge is 0.263 e. The van der Waals surface area contributed by atoms with Crippen LogP contribution in [0.2, 0.25) is 0 Å². The van der Waals surface area contributed by atoms with Crippen molar-refractivity contribution < 1.29 is 4.39 Å². The van der Waals surface area contributed by atoms with Gasteiger partial charge >= 0.3 is 0 Å². The van der Waals surface area contributed by atoms with Crippen molar-refractivity contribution >= 4 is 5.82 Å². The summed E-state index contributed by atoms with van der Waals surface area (Å²) in [6.45, 7) is 4.54. The van der Waals surface area contributed by atoms with Crippen LogP contribution < -0.4 is 15.8 Å². The van der Waals surface area contributed by atoms with Gasteiger partial charge in [0.1, 0.15) is 23.5 Å². The van der Waals surface area contributed by atoms with E-state index in [2.05, 4.69) is 22.3 Å². The normalized spacial score (nSPS) is 21.6. The average molecular weight is 470 g/mol. The van der Waals surface area contributed by atoms with E-state index in [1.165, 1.54) is 30.5 Å². The highest BCUT2D eigenvalue weighted by atomic mass is 19.1. The Bertz CT molecular complexity index is 1390. The topological polar surface area (TPSA) is 74.0 Å². The molecule has 1 saturated carbocycles. The number of fused-ring (bicyclic) bond motifs is 1. The molecule has 3 aromatic rings. The lowest BCUT2D eigenvalue weighted by atomic mass is 9.93. The van der Waals surface area contributed by atoms with Gasteiger partial charge in [0.25, 0.3) is 5.56 Å². The minimum Gasteiger partial charge on any atom is -0.356 e. The number of hydrogen-bond acceptors (Lipinski definition) is 5. The number of halogens is 1. The summed E-state index contributed by atoms with van der Waals surface area (Å²) in [6.07, 6.45) is 4.55. The molecule has 1 aromatic heterocycles. The Balaban J connectivity index is 1.49. The van der Waals surface area contributed by atoms with Crippen LogP contribution in [-0.2, 0) is 0 Å². The van der Waals surface area contributed by atoms with Gasteiger partial charge in [-0.15, -0.1) is 0 Å². The highest BCUT2D eigenvalue weighted by Crippen LogP contribution is 2.40. The van der Waals surface area contributed by atoms with Gasteiger partial charge in [-0.2, -0.15) is 5.26 Å². The predicted octanol–water partition coefficient (Wildman–Crippen LogP) is 4.28. The lowest BCUT2D eigenvalue weighted by Crippen LogP contribution is -2.45. The number of nitrogens with zero attached hydrogens (tertiary/aromatic N) is 4. The Labute approximate surface area is 204 Å². The van der Waals surface area contributed by atoms with Crippen molar-refractivity contribution in [2.45, 2.75) is 44.6 Å². The Morgan fingerprint density at radius 3 is 2.63 bits per heavy atom. The first-order chi connectivity index (χ1) is 17.0. The molecule has 2 unspecified atom stereocenters. The zero-order valence-corrected chi connectivity index (χ0v) is 19.8. The van der Waals surface area contributed by atoms with Gasteiger partial charge in [-0.1, -0.05) is 12.1 Å². The standard InChI is InChI=1S/C28H28FN5O/c1-17-26(33-13-11-25-22(16-33)10-12-31-25)32-27(20-4-5-21(15-30)24(29)14-20)34(28(17)35)23-8-6-19(7-9-23)18-2-3-18/h4-9,14,18,22,25,31H,2-3,10-13,16H2,1H3. The number of aromatic nitrogens is 2. The molecule has 3 fully saturated rings. The maximum absolute atomic E-state index is 14.6. The van der Waals surface area contributed by atoms with E-state index in [1.807, 2.05) is 25.1 Å². The van der Waals surface area contributed by atoms with Crippen molar-refractivity contribution in [3.05, 3.63) is 75.3 Å². The molecular formula is C28H28FN5O. The number of hydrogen-bond donors (Lipinski definition) is 1. The van der Waals surface area contributed by atoms with E-state index < -0.39 is 5.82 Å². The number of nitriles is 1. The third kappa shape index (κ3) is 3.92. The fourth-order valence-corrected chi connectivity index (χ4v) is 5.63. The van der Waals surface area contributed by atoms with Crippen LogP contribution in [0.1, 0.15) is 48.3 Å². The van der Waals surface area contributed by atoms with Crippen molar-refractivity contribution in [2.75, 3.05) is 24.5 Å². The van der Waals surface area contributed by atoms with E-state index in [0.29, 0.717) is 46.3 Å². The monoisotopic (exact) mass is 469 g/mol. The largest absolute Gasteiger partial charge is 0.356 e. The maximum Gasteiger partial charge on any atom is 0.263 e. The van der Waals surface area contributed by atoms with Crippen LogP contribution in [0.15, 0.2) is 47.3 Å². The van der Waals surface area contributed by atoms with E-state index in [9.17, 15) is 14.4 Å². The number of nitrogens with one attached hydrogen (secondary N) is 1. The number of rotatable bonds is 4. The molecule has 7 heteroatoms. The van der Waals surface area contributed by atoms with Crippen LogP contribution in [0, 0.1) is 30.0 Å². The first-order valence-corrected chi connectivity index (χ1v) is 12.5. The summed E-state index contributed by atoms with van der Waals surface area (Å²) in [5.41, 5.74) is 2.88. The SMILES string of the molecule is Cc1c(N2CCC3NCCC3C2)nc(-c2ccc(C#N)c(F)c2)n(-c2ccc(C3CC3)cc2)c1=O. The number of anilines is 1. The second-order valence-corrected chi connectivity index (χ2v) is 10.0. The van der Waals surface area contributed by atoms with Gasteiger partial charge in [-0.05, 0) is 86.9 Å². The molecule has 0 radical (unpaired) electrons.